The molecule has 6 aromatic rings. The predicted octanol–water partition coefficient (Wildman–Crippen LogP) is 10.3. The standard InChI is InChI=1S/C42H40N3/c1-5-41(4)39-15-14-34(29-38(39)40-13-8-9-24-45(40)42(41,6-2)7-3)32-11-10-12-33(25-32)37-27-35(30-16-20-43-21-17-30)26-36(28-37)31-18-22-44-23-19-31/h8-29H,5-7H2,1-4H3/q+1. The van der Waals surface area contributed by atoms with Gasteiger partial charge in [-0.1, -0.05) is 51.1 Å². The summed E-state index contributed by atoms with van der Waals surface area (Å²) in [5.41, 5.74) is 13.7. The predicted molar refractivity (Wildman–Crippen MR) is 186 cm³/mol. The van der Waals surface area contributed by atoms with Crippen LogP contribution in [-0.2, 0) is 11.0 Å². The van der Waals surface area contributed by atoms with Crippen LogP contribution in [0.5, 0.6) is 0 Å². The van der Waals surface area contributed by atoms with E-state index in [1.807, 2.05) is 24.8 Å². The molecular formula is C42H40N3+. The highest BCUT2D eigenvalue weighted by Crippen LogP contribution is 2.51. The van der Waals surface area contributed by atoms with E-state index in [9.17, 15) is 0 Å². The first-order valence-corrected chi connectivity index (χ1v) is 16.2. The second kappa shape index (κ2) is 11.6. The van der Waals surface area contributed by atoms with E-state index in [0.29, 0.717) is 0 Å². The lowest BCUT2D eigenvalue weighted by Gasteiger charge is -2.47. The molecule has 0 aliphatic carbocycles. The van der Waals surface area contributed by atoms with E-state index >= 15 is 0 Å². The van der Waals surface area contributed by atoms with Crippen LogP contribution in [0.25, 0.3) is 55.8 Å². The van der Waals surface area contributed by atoms with Crippen LogP contribution in [0.1, 0.15) is 52.5 Å². The van der Waals surface area contributed by atoms with Gasteiger partial charge in [-0.3, -0.25) is 9.97 Å². The summed E-state index contributed by atoms with van der Waals surface area (Å²) in [6.07, 6.45) is 13.0. The molecule has 0 radical (unpaired) electrons. The third-order valence-electron chi connectivity index (χ3n) is 10.6. The maximum atomic E-state index is 4.24. The van der Waals surface area contributed by atoms with E-state index in [2.05, 4.69) is 152 Å². The molecule has 3 aromatic heterocycles. The molecule has 0 N–H and O–H groups in total. The third kappa shape index (κ3) is 4.69. The molecule has 45 heavy (non-hydrogen) atoms. The van der Waals surface area contributed by atoms with Crippen LogP contribution in [0.3, 0.4) is 0 Å². The summed E-state index contributed by atoms with van der Waals surface area (Å²) < 4.78 is 2.59. The fourth-order valence-corrected chi connectivity index (χ4v) is 7.95. The zero-order valence-electron chi connectivity index (χ0n) is 26.7. The lowest BCUT2D eigenvalue weighted by atomic mass is 9.58. The van der Waals surface area contributed by atoms with Crippen molar-refractivity contribution in [1.29, 1.82) is 0 Å². The summed E-state index contributed by atoms with van der Waals surface area (Å²) in [7, 11) is 0. The quantitative estimate of drug-likeness (QED) is 0.174. The molecule has 0 fully saturated rings. The van der Waals surface area contributed by atoms with E-state index in [0.717, 1.165) is 30.4 Å². The molecule has 1 aliphatic rings. The van der Waals surface area contributed by atoms with Crippen LogP contribution in [0.4, 0.5) is 0 Å². The molecule has 0 saturated carbocycles. The number of aromatic nitrogens is 3. The summed E-state index contributed by atoms with van der Waals surface area (Å²) in [6.45, 7) is 9.56. The van der Waals surface area contributed by atoms with Crippen molar-refractivity contribution in [2.75, 3.05) is 0 Å². The van der Waals surface area contributed by atoms with Crippen molar-refractivity contribution >= 4 is 0 Å². The normalized spacial score (nSPS) is 16.5. The highest BCUT2D eigenvalue weighted by Gasteiger charge is 2.58. The van der Waals surface area contributed by atoms with E-state index in [4.69, 9.17) is 0 Å². The lowest BCUT2D eigenvalue weighted by molar-refractivity contribution is -0.769. The van der Waals surface area contributed by atoms with Gasteiger partial charge >= 0.3 is 0 Å². The zero-order chi connectivity index (χ0) is 31.0. The zero-order valence-corrected chi connectivity index (χ0v) is 26.7. The Morgan fingerprint density at radius 1 is 0.511 bits per heavy atom. The Bertz CT molecular complexity index is 1920. The Morgan fingerprint density at radius 3 is 1.62 bits per heavy atom. The monoisotopic (exact) mass is 586 g/mol. The van der Waals surface area contributed by atoms with Gasteiger partial charge in [0.1, 0.15) is 0 Å². The number of fused-ring (bicyclic) bond motifs is 3. The lowest BCUT2D eigenvalue weighted by Crippen LogP contribution is -2.68. The van der Waals surface area contributed by atoms with Crippen molar-refractivity contribution in [3.05, 3.63) is 140 Å². The van der Waals surface area contributed by atoms with Gasteiger partial charge in [-0.2, -0.15) is 4.57 Å². The SMILES string of the molecule is CCC1(C)c2ccc(-c3cccc(-c4cc(-c5ccncc5)cc(-c5ccncc5)c4)c3)cc2-c2cccc[n+]2C1(CC)CC. The summed E-state index contributed by atoms with van der Waals surface area (Å²) >= 11 is 0. The Balaban J connectivity index is 1.36. The molecule has 1 unspecified atom stereocenters. The topological polar surface area (TPSA) is 29.7 Å². The first-order valence-electron chi connectivity index (χ1n) is 16.2. The van der Waals surface area contributed by atoms with E-state index in [1.165, 1.54) is 50.2 Å². The molecule has 3 nitrogen and oxygen atoms in total. The van der Waals surface area contributed by atoms with Gasteiger partial charge in [-0.05, 0) is 124 Å². The largest absolute Gasteiger partial charge is 0.265 e. The third-order valence-corrected chi connectivity index (χ3v) is 10.6. The summed E-state index contributed by atoms with van der Waals surface area (Å²) in [5.74, 6) is 0. The molecule has 222 valence electrons. The number of rotatable bonds is 7. The molecule has 1 aliphatic heterocycles. The Labute approximate surface area is 267 Å². The molecule has 0 spiro atoms. The van der Waals surface area contributed by atoms with Crippen LogP contribution < -0.4 is 4.57 Å². The van der Waals surface area contributed by atoms with Crippen molar-refractivity contribution in [3.8, 4) is 55.8 Å². The van der Waals surface area contributed by atoms with Crippen LogP contribution in [0.2, 0.25) is 0 Å². The molecule has 0 saturated heterocycles. The number of pyridine rings is 3. The van der Waals surface area contributed by atoms with E-state index in [1.54, 1.807) is 0 Å². The van der Waals surface area contributed by atoms with Gasteiger partial charge in [-0.15, -0.1) is 0 Å². The average molecular weight is 587 g/mol. The van der Waals surface area contributed by atoms with E-state index < -0.39 is 0 Å². The van der Waals surface area contributed by atoms with Crippen molar-refractivity contribution in [2.24, 2.45) is 0 Å². The maximum Gasteiger partial charge on any atom is 0.213 e. The Hall–Kier alpha value is -4.89. The fourth-order valence-electron chi connectivity index (χ4n) is 7.95. The summed E-state index contributed by atoms with van der Waals surface area (Å²) in [4.78, 5) is 8.49. The van der Waals surface area contributed by atoms with Gasteiger partial charge in [0.15, 0.2) is 11.7 Å². The molecule has 3 heteroatoms. The van der Waals surface area contributed by atoms with Gasteiger partial charge < -0.3 is 0 Å². The smallest absolute Gasteiger partial charge is 0.213 e. The Morgan fingerprint density at radius 2 is 1.04 bits per heavy atom. The fraction of sp³-hybridized carbons (Fsp3) is 0.214. The van der Waals surface area contributed by atoms with Gasteiger partial charge in [0, 0.05) is 49.8 Å². The van der Waals surface area contributed by atoms with Crippen LogP contribution >= 0.6 is 0 Å². The highest BCUT2D eigenvalue weighted by atomic mass is 15.1. The van der Waals surface area contributed by atoms with Gasteiger partial charge in [-0.25, -0.2) is 0 Å². The summed E-state index contributed by atoms with van der Waals surface area (Å²) in [5, 5.41) is 0. The van der Waals surface area contributed by atoms with Gasteiger partial charge in [0.2, 0.25) is 5.69 Å². The molecule has 3 aromatic carbocycles. The minimum atomic E-state index is 0.0298. The van der Waals surface area contributed by atoms with Crippen molar-refractivity contribution in [3.63, 3.8) is 0 Å². The first kappa shape index (κ1) is 28.9. The van der Waals surface area contributed by atoms with E-state index in [-0.39, 0.29) is 11.0 Å². The molecule has 7 rings (SSSR count). The van der Waals surface area contributed by atoms with Crippen LogP contribution in [0.15, 0.2) is 134 Å². The minimum absolute atomic E-state index is 0.0298. The Kier molecular flexibility index (Phi) is 7.41. The minimum Gasteiger partial charge on any atom is -0.265 e. The first-order chi connectivity index (χ1) is 22.0. The number of hydrogen-bond donors (Lipinski definition) is 0. The van der Waals surface area contributed by atoms with Gasteiger partial charge in [0.25, 0.3) is 0 Å². The highest BCUT2D eigenvalue weighted by molar-refractivity contribution is 5.83. The maximum absolute atomic E-state index is 4.24. The molecular weight excluding hydrogens is 546 g/mol. The van der Waals surface area contributed by atoms with Crippen molar-refractivity contribution < 1.29 is 4.57 Å². The number of nitrogens with zero attached hydrogens (tertiary/aromatic N) is 3. The van der Waals surface area contributed by atoms with Crippen molar-refractivity contribution in [2.45, 2.75) is 57.9 Å². The molecule has 0 bridgehead atoms. The summed E-state index contributed by atoms with van der Waals surface area (Å²) in [6, 6.07) is 38.0. The molecule has 1 atom stereocenters. The molecule has 4 heterocycles. The van der Waals surface area contributed by atoms with Gasteiger partial charge in [0.05, 0.1) is 11.0 Å². The average Bonchev–Trinajstić information content (AvgIpc) is 3.12. The number of benzene rings is 3. The van der Waals surface area contributed by atoms with Crippen LogP contribution in [0, 0.1) is 0 Å². The molecule has 0 amide bonds. The number of hydrogen-bond acceptors (Lipinski definition) is 2. The van der Waals surface area contributed by atoms with Crippen molar-refractivity contribution in [1.82, 2.24) is 9.97 Å². The van der Waals surface area contributed by atoms with Crippen LogP contribution in [-0.4, -0.2) is 9.97 Å². The second-order valence-corrected chi connectivity index (χ2v) is 12.5. The second-order valence-electron chi connectivity index (χ2n) is 12.5.